The Balaban J connectivity index is 0.00000144. The highest BCUT2D eigenvalue weighted by Crippen LogP contribution is 2.29. The third kappa shape index (κ3) is 3.62. The minimum Gasteiger partial charge on any atom is -0.489 e. The third-order valence-electron chi connectivity index (χ3n) is 3.37. The standard InChI is InChI=1S/C14H21NO.ClH/c1-3-11(2)13-6-4-5-7-14(13)16-12-8-9-15-10-12;/h4-7,11-12,15H,3,8-10H2,1-2H3;1H. The molecular formula is C14H22ClNO. The molecule has 2 nitrogen and oxygen atoms in total. The van der Waals surface area contributed by atoms with E-state index >= 15 is 0 Å². The largest absolute Gasteiger partial charge is 0.489 e. The molecule has 1 N–H and O–H groups in total. The maximum Gasteiger partial charge on any atom is 0.123 e. The van der Waals surface area contributed by atoms with Gasteiger partial charge in [0.2, 0.25) is 0 Å². The van der Waals surface area contributed by atoms with E-state index in [4.69, 9.17) is 4.74 Å². The first-order valence-electron chi connectivity index (χ1n) is 6.27. The quantitative estimate of drug-likeness (QED) is 0.891. The third-order valence-corrected chi connectivity index (χ3v) is 3.37. The summed E-state index contributed by atoms with van der Waals surface area (Å²) in [6.07, 6.45) is 2.63. The smallest absolute Gasteiger partial charge is 0.123 e. The maximum atomic E-state index is 6.07. The first-order chi connectivity index (χ1) is 7.81. The van der Waals surface area contributed by atoms with Gasteiger partial charge in [0.1, 0.15) is 11.9 Å². The van der Waals surface area contributed by atoms with Crippen molar-refractivity contribution in [3.63, 3.8) is 0 Å². The van der Waals surface area contributed by atoms with E-state index in [1.54, 1.807) is 0 Å². The van der Waals surface area contributed by atoms with E-state index < -0.39 is 0 Å². The van der Waals surface area contributed by atoms with Gasteiger partial charge in [0.15, 0.2) is 0 Å². The van der Waals surface area contributed by atoms with Crippen molar-refractivity contribution in [1.82, 2.24) is 5.32 Å². The summed E-state index contributed by atoms with van der Waals surface area (Å²) in [6, 6.07) is 8.44. The Morgan fingerprint density at radius 3 is 2.82 bits per heavy atom. The molecule has 2 atom stereocenters. The van der Waals surface area contributed by atoms with Crippen molar-refractivity contribution in [3.8, 4) is 5.75 Å². The average Bonchev–Trinajstić information content (AvgIpc) is 2.82. The summed E-state index contributed by atoms with van der Waals surface area (Å²) in [7, 11) is 0. The summed E-state index contributed by atoms with van der Waals surface area (Å²) in [4.78, 5) is 0. The monoisotopic (exact) mass is 255 g/mol. The lowest BCUT2D eigenvalue weighted by molar-refractivity contribution is 0.220. The van der Waals surface area contributed by atoms with E-state index in [2.05, 4.69) is 43.4 Å². The van der Waals surface area contributed by atoms with Crippen molar-refractivity contribution in [2.75, 3.05) is 13.1 Å². The molecule has 1 aliphatic rings. The van der Waals surface area contributed by atoms with E-state index in [0.717, 1.165) is 31.7 Å². The molecule has 96 valence electrons. The molecular weight excluding hydrogens is 234 g/mol. The molecule has 1 saturated heterocycles. The Labute approximate surface area is 110 Å². The van der Waals surface area contributed by atoms with Gasteiger partial charge in [-0.2, -0.15) is 0 Å². The highest BCUT2D eigenvalue weighted by molar-refractivity contribution is 5.85. The van der Waals surface area contributed by atoms with Crippen LogP contribution in [-0.4, -0.2) is 19.2 Å². The summed E-state index contributed by atoms with van der Waals surface area (Å²) >= 11 is 0. The van der Waals surface area contributed by atoms with Crippen LogP contribution in [0.3, 0.4) is 0 Å². The van der Waals surface area contributed by atoms with E-state index in [9.17, 15) is 0 Å². The zero-order valence-corrected chi connectivity index (χ0v) is 11.4. The fourth-order valence-corrected chi connectivity index (χ4v) is 2.12. The van der Waals surface area contributed by atoms with Crippen LogP contribution in [0.5, 0.6) is 5.75 Å². The lowest BCUT2D eigenvalue weighted by Gasteiger charge is -2.18. The Morgan fingerprint density at radius 1 is 1.41 bits per heavy atom. The molecule has 0 aliphatic carbocycles. The number of ether oxygens (including phenoxy) is 1. The molecule has 0 bridgehead atoms. The number of benzene rings is 1. The number of nitrogens with one attached hydrogen (secondary N) is 1. The van der Waals surface area contributed by atoms with Crippen LogP contribution in [0.15, 0.2) is 24.3 Å². The Hall–Kier alpha value is -0.730. The molecule has 1 heterocycles. The lowest BCUT2D eigenvalue weighted by atomic mass is 9.98. The second-order valence-electron chi connectivity index (χ2n) is 4.58. The van der Waals surface area contributed by atoms with Gasteiger partial charge in [-0.15, -0.1) is 12.4 Å². The van der Waals surface area contributed by atoms with E-state index in [1.165, 1.54) is 5.56 Å². The maximum absolute atomic E-state index is 6.07. The van der Waals surface area contributed by atoms with Crippen molar-refractivity contribution >= 4 is 12.4 Å². The molecule has 1 aromatic carbocycles. The van der Waals surface area contributed by atoms with Gasteiger partial charge in [-0.05, 0) is 36.9 Å². The molecule has 0 saturated carbocycles. The first-order valence-corrected chi connectivity index (χ1v) is 6.27. The second kappa shape index (κ2) is 6.87. The van der Waals surface area contributed by atoms with Gasteiger partial charge in [0, 0.05) is 6.54 Å². The fourth-order valence-electron chi connectivity index (χ4n) is 2.12. The van der Waals surface area contributed by atoms with Gasteiger partial charge in [0.05, 0.1) is 0 Å². The molecule has 0 aromatic heterocycles. The van der Waals surface area contributed by atoms with Crippen LogP contribution in [0.1, 0.15) is 38.2 Å². The Bertz CT molecular complexity index is 337. The highest BCUT2D eigenvalue weighted by Gasteiger charge is 2.18. The van der Waals surface area contributed by atoms with Gasteiger partial charge in [-0.1, -0.05) is 32.0 Å². The van der Waals surface area contributed by atoms with Gasteiger partial charge in [0.25, 0.3) is 0 Å². The minimum absolute atomic E-state index is 0. The van der Waals surface area contributed by atoms with Crippen molar-refractivity contribution in [2.45, 2.75) is 38.7 Å². The average molecular weight is 256 g/mol. The molecule has 0 spiro atoms. The molecule has 0 radical (unpaired) electrons. The summed E-state index contributed by atoms with van der Waals surface area (Å²) in [5, 5.41) is 3.33. The first kappa shape index (κ1) is 14.3. The summed E-state index contributed by atoms with van der Waals surface area (Å²) in [5.74, 6) is 1.65. The van der Waals surface area contributed by atoms with Crippen molar-refractivity contribution in [3.05, 3.63) is 29.8 Å². The summed E-state index contributed by atoms with van der Waals surface area (Å²) < 4.78 is 6.07. The van der Waals surface area contributed by atoms with E-state index in [0.29, 0.717) is 12.0 Å². The van der Waals surface area contributed by atoms with Crippen LogP contribution >= 0.6 is 12.4 Å². The van der Waals surface area contributed by atoms with Crippen LogP contribution in [0.2, 0.25) is 0 Å². The summed E-state index contributed by atoms with van der Waals surface area (Å²) in [5.41, 5.74) is 1.34. The van der Waals surface area contributed by atoms with Gasteiger partial charge in [-0.25, -0.2) is 0 Å². The van der Waals surface area contributed by atoms with Crippen LogP contribution in [0.4, 0.5) is 0 Å². The number of hydrogen-bond acceptors (Lipinski definition) is 2. The van der Waals surface area contributed by atoms with E-state index in [1.807, 2.05) is 0 Å². The summed E-state index contributed by atoms with van der Waals surface area (Å²) in [6.45, 7) is 6.54. The van der Waals surface area contributed by atoms with E-state index in [-0.39, 0.29) is 12.4 Å². The molecule has 1 fully saturated rings. The normalized spacial score (nSPS) is 20.7. The van der Waals surface area contributed by atoms with Gasteiger partial charge >= 0.3 is 0 Å². The van der Waals surface area contributed by atoms with Crippen LogP contribution in [-0.2, 0) is 0 Å². The van der Waals surface area contributed by atoms with Crippen LogP contribution < -0.4 is 10.1 Å². The predicted molar refractivity (Wildman–Crippen MR) is 74.3 cm³/mol. The molecule has 2 rings (SSSR count). The van der Waals surface area contributed by atoms with Gasteiger partial charge in [-0.3, -0.25) is 0 Å². The fraction of sp³-hybridized carbons (Fsp3) is 0.571. The van der Waals surface area contributed by atoms with Crippen LogP contribution in [0.25, 0.3) is 0 Å². The minimum atomic E-state index is 0. The number of rotatable bonds is 4. The van der Waals surface area contributed by atoms with Gasteiger partial charge < -0.3 is 10.1 Å². The molecule has 2 unspecified atom stereocenters. The highest BCUT2D eigenvalue weighted by atomic mass is 35.5. The van der Waals surface area contributed by atoms with Crippen LogP contribution in [0, 0.1) is 0 Å². The van der Waals surface area contributed by atoms with Crippen molar-refractivity contribution in [1.29, 1.82) is 0 Å². The zero-order valence-electron chi connectivity index (χ0n) is 10.6. The SMILES string of the molecule is CCC(C)c1ccccc1OC1CCNC1.Cl. The molecule has 1 aliphatic heterocycles. The topological polar surface area (TPSA) is 21.3 Å². The zero-order chi connectivity index (χ0) is 11.4. The van der Waals surface area contributed by atoms with Crippen molar-refractivity contribution < 1.29 is 4.74 Å². The number of hydrogen-bond donors (Lipinski definition) is 1. The molecule has 17 heavy (non-hydrogen) atoms. The second-order valence-corrected chi connectivity index (χ2v) is 4.58. The molecule has 1 aromatic rings. The Morgan fingerprint density at radius 2 is 2.18 bits per heavy atom. The number of para-hydroxylation sites is 1. The predicted octanol–water partition coefficient (Wildman–Crippen LogP) is 3.36. The molecule has 3 heteroatoms. The molecule has 0 amide bonds. The lowest BCUT2D eigenvalue weighted by Crippen LogP contribution is -2.20. The number of halogens is 1. The Kier molecular flexibility index (Phi) is 5.79. The van der Waals surface area contributed by atoms with Crippen molar-refractivity contribution in [2.24, 2.45) is 0 Å².